The molecule has 0 amide bonds. The molecular formula is C13H17N5. The molecule has 94 valence electrons. The van der Waals surface area contributed by atoms with Gasteiger partial charge in [-0.25, -0.2) is 9.97 Å². The second kappa shape index (κ2) is 4.76. The molecule has 1 aliphatic carbocycles. The smallest absolute Gasteiger partial charge is 0.222 e. The van der Waals surface area contributed by atoms with Gasteiger partial charge >= 0.3 is 0 Å². The van der Waals surface area contributed by atoms with E-state index in [0.29, 0.717) is 11.6 Å². The van der Waals surface area contributed by atoms with E-state index in [2.05, 4.69) is 32.1 Å². The fourth-order valence-corrected chi connectivity index (χ4v) is 2.55. The van der Waals surface area contributed by atoms with E-state index in [4.69, 9.17) is 5.73 Å². The van der Waals surface area contributed by atoms with Gasteiger partial charge in [0.1, 0.15) is 5.52 Å². The topological polar surface area (TPSA) is 80.5 Å². The molecule has 5 heteroatoms. The summed E-state index contributed by atoms with van der Waals surface area (Å²) in [7, 11) is 0. The van der Waals surface area contributed by atoms with Crippen molar-refractivity contribution in [2.75, 3.05) is 5.73 Å². The van der Waals surface area contributed by atoms with Crippen molar-refractivity contribution in [3.05, 3.63) is 18.1 Å². The molecule has 1 saturated carbocycles. The minimum absolute atomic E-state index is 0.276. The second-order valence-electron chi connectivity index (χ2n) is 4.83. The van der Waals surface area contributed by atoms with Crippen molar-refractivity contribution in [1.29, 1.82) is 0 Å². The van der Waals surface area contributed by atoms with E-state index < -0.39 is 0 Å². The molecule has 0 atom stereocenters. The Morgan fingerprint density at radius 1 is 1.22 bits per heavy atom. The lowest BCUT2D eigenvalue weighted by molar-refractivity contribution is 0.420. The number of H-pyrrole nitrogens is 1. The van der Waals surface area contributed by atoms with Gasteiger partial charge < -0.3 is 10.7 Å². The standard InChI is InChI=1S/C13H17N5/c14-13-17-10(11-12(18-13)16-8-15-11)7-6-9-4-2-1-3-5-9/h6-9H,1-5H2,(H3,14,15,16,17,18)/b7-6+. The first-order chi connectivity index (χ1) is 8.83. The van der Waals surface area contributed by atoms with E-state index >= 15 is 0 Å². The molecule has 0 aliphatic heterocycles. The SMILES string of the molecule is Nc1nc(/C=C/C2CCCCC2)c2[nH]cnc2n1. The van der Waals surface area contributed by atoms with Crippen LogP contribution in [-0.4, -0.2) is 19.9 Å². The van der Waals surface area contributed by atoms with Crippen LogP contribution in [-0.2, 0) is 0 Å². The highest BCUT2D eigenvalue weighted by Crippen LogP contribution is 2.25. The summed E-state index contributed by atoms with van der Waals surface area (Å²) in [6, 6.07) is 0. The first-order valence-corrected chi connectivity index (χ1v) is 6.48. The zero-order valence-corrected chi connectivity index (χ0v) is 10.3. The highest BCUT2D eigenvalue weighted by molar-refractivity contribution is 5.80. The third-order valence-electron chi connectivity index (χ3n) is 3.51. The van der Waals surface area contributed by atoms with Crippen molar-refractivity contribution >= 4 is 23.2 Å². The van der Waals surface area contributed by atoms with Gasteiger partial charge in [-0.05, 0) is 24.8 Å². The number of nitrogens with zero attached hydrogens (tertiary/aromatic N) is 3. The minimum atomic E-state index is 0.276. The van der Waals surface area contributed by atoms with E-state index in [1.54, 1.807) is 6.33 Å². The predicted octanol–water partition coefficient (Wildman–Crippen LogP) is 2.53. The van der Waals surface area contributed by atoms with Gasteiger partial charge in [0.15, 0.2) is 5.65 Å². The Hall–Kier alpha value is -1.91. The Morgan fingerprint density at radius 2 is 2.06 bits per heavy atom. The molecule has 1 aliphatic rings. The molecule has 2 aromatic heterocycles. The van der Waals surface area contributed by atoms with E-state index in [-0.39, 0.29) is 5.95 Å². The van der Waals surface area contributed by atoms with Crippen molar-refractivity contribution in [2.24, 2.45) is 5.92 Å². The summed E-state index contributed by atoms with van der Waals surface area (Å²) in [6.45, 7) is 0. The van der Waals surface area contributed by atoms with Gasteiger partial charge in [0.2, 0.25) is 5.95 Å². The van der Waals surface area contributed by atoms with Gasteiger partial charge in [0, 0.05) is 0 Å². The molecule has 0 saturated heterocycles. The zero-order chi connectivity index (χ0) is 12.4. The summed E-state index contributed by atoms with van der Waals surface area (Å²) in [4.78, 5) is 15.5. The Labute approximate surface area is 106 Å². The van der Waals surface area contributed by atoms with Gasteiger partial charge in [-0.15, -0.1) is 0 Å². The number of imidazole rings is 1. The lowest BCUT2D eigenvalue weighted by Gasteiger charge is -2.17. The Bertz CT molecular complexity index is 566. The van der Waals surface area contributed by atoms with Crippen LogP contribution in [0.5, 0.6) is 0 Å². The van der Waals surface area contributed by atoms with E-state index in [0.717, 1.165) is 11.2 Å². The number of aromatic nitrogens is 4. The number of hydrogen-bond acceptors (Lipinski definition) is 4. The number of nitrogens with two attached hydrogens (primary N) is 1. The fraction of sp³-hybridized carbons (Fsp3) is 0.462. The van der Waals surface area contributed by atoms with Crippen molar-refractivity contribution in [3.8, 4) is 0 Å². The maximum absolute atomic E-state index is 5.68. The van der Waals surface area contributed by atoms with E-state index in [1.807, 2.05) is 0 Å². The maximum Gasteiger partial charge on any atom is 0.222 e. The lowest BCUT2D eigenvalue weighted by Crippen LogP contribution is -2.03. The Kier molecular flexibility index (Phi) is 2.96. The molecule has 3 rings (SSSR count). The van der Waals surface area contributed by atoms with Crippen molar-refractivity contribution in [2.45, 2.75) is 32.1 Å². The molecular weight excluding hydrogens is 226 g/mol. The fourth-order valence-electron chi connectivity index (χ4n) is 2.55. The minimum Gasteiger partial charge on any atom is -0.368 e. The highest BCUT2D eigenvalue weighted by atomic mass is 15.1. The third-order valence-corrected chi connectivity index (χ3v) is 3.51. The van der Waals surface area contributed by atoms with Crippen LogP contribution in [0.1, 0.15) is 37.8 Å². The average molecular weight is 243 g/mol. The van der Waals surface area contributed by atoms with Crippen LogP contribution in [0.3, 0.4) is 0 Å². The number of allylic oxidation sites excluding steroid dienone is 1. The molecule has 0 spiro atoms. The van der Waals surface area contributed by atoms with Crippen LogP contribution in [0, 0.1) is 5.92 Å². The summed E-state index contributed by atoms with van der Waals surface area (Å²) in [5.74, 6) is 0.950. The number of rotatable bonds is 2. The van der Waals surface area contributed by atoms with Crippen LogP contribution in [0.15, 0.2) is 12.4 Å². The number of nitrogens with one attached hydrogen (secondary N) is 1. The molecule has 5 nitrogen and oxygen atoms in total. The average Bonchev–Trinajstić information content (AvgIpc) is 2.85. The van der Waals surface area contributed by atoms with Crippen molar-refractivity contribution < 1.29 is 0 Å². The van der Waals surface area contributed by atoms with Gasteiger partial charge in [0.25, 0.3) is 0 Å². The lowest BCUT2D eigenvalue weighted by atomic mass is 9.89. The summed E-state index contributed by atoms with van der Waals surface area (Å²) >= 11 is 0. The second-order valence-corrected chi connectivity index (χ2v) is 4.83. The van der Waals surface area contributed by atoms with Crippen LogP contribution in [0.25, 0.3) is 17.2 Å². The van der Waals surface area contributed by atoms with Gasteiger partial charge in [-0.3, -0.25) is 0 Å². The third kappa shape index (κ3) is 2.20. The number of fused-ring (bicyclic) bond motifs is 1. The Morgan fingerprint density at radius 3 is 2.89 bits per heavy atom. The van der Waals surface area contributed by atoms with Crippen molar-refractivity contribution in [1.82, 2.24) is 19.9 Å². The Balaban J connectivity index is 1.89. The molecule has 0 aromatic carbocycles. The normalized spacial score (nSPS) is 17.8. The summed E-state index contributed by atoms with van der Waals surface area (Å²) in [6.07, 6.45) is 12.5. The molecule has 0 bridgehead atoms. The first-order valence-electron chi connectivity index (χ1n) is 6.48. The summed E-state index contributed by atoms with van der Waals surface area (Å²) in [5, 5.41) is 0. The molecule has 3 N–H and O–H groups in total. The monoisotopic (exact) mass is 243 g/mol. The number of aromatic amines is 1. The van der Waals surface area contributed by atoms with Crippen LogP contribution >= 0.6 is 0 Å². The summed E-state index contributed by atoms with van der Waals surface area (Å²) in [5.41, 5.74) is 8.00. The molecule has 1 fully saturated rings. The number of hydrogen-bond donors (Lipinski definition) is 2. The van der Waals surface area contributed by atoms with Crippen LogP contribution in [0.4, 0.5) is 5.95 Å². The largest absolute Gasteiger partial charge is 0.368 e. The highest BCUT2D eigenvalue weighted by Gasteiger charge is 2.11. The zero-order valence-electron chi connectivity index (χ0n) is 10.3. The first kappa shape index (κ1) is 11.2. The number of nitrogen functional groups attached to an aromatic ring is 1. The molecule has 0 radical (unpaired) electrons. The maximum atomic E-state index is 5.68. The number of anilines is 1. The molecule has 2 heterocycles. The van der Waals surface area contributed by atoms with Crippen molar-refractivity contribution in [3.63, 3.8) is 0 Å². The van der Waals surface area contributed by atoms with Gasteiger partial charge in [-0.1, -0.05) is 25.3 Å². The van der Waals surface area contributed by atoms with Crippen LogP contribution < -0.4 is 5.73 Å². The van der Waals surface area contributed by atoms with Crippen LogP contribution in [0.2, 0.25) is 0 Å². The summed E-state index contributed by atoms with van der Waals surface area (Å²) < 4.78 is 0. The molecule has 18 heavy (non-hydrogen) atoms. The molecule has 0 unspecified atom stereocenters. The van der Waals surface area contributed by atoms with Gasteiger partial charge in [0.05, 0.1) is 12.0 Å². The molecule has 2 aromatic rings. The van der Waals surface area contributed by atoms with Gasteiger partial charge in [-0.2, -0.15) is 4.98 Å². The van der Waals surface area contributed by atoms with E-state index in [9.17, 15) is 0 Å². The quantitative estimate of drug-likeness (QED) is 0.849. The predicted molar refractivity (Wildman–Crippen MR) is 71.7 cm³/mol. The van der Waals surface area contributed by atoms with E-state index in [1.165, 1.54) is 32.1 Å².